The summed E-state index contributed by atoms with van der Waals surface area (Å²) in [5.41, 5.74) is 2.31. The minimum absolute atomic E-state index is 0.998. The first-order valence-electron chi connectivity index (χ1n) is 3.97. The van der Waals surface area contributed by atoms with Gasteiger partial charge in [-0.1, -0.05) is 6.92 Å². The van der Waals surface area contributed by atoms with Gasteiger partial charge in [-0.2, -0.15) is 0 Å². The lowest BCUT2D eigenvalue weighted by Crippen LogP contribution is -2.09. The molecule has 0 bridgehead atoms. The molecule has 0 spiro atoms. The first-order valence-corrected chi connectivity index (χ1v) is 3.97. The van der Waals surface area contributed by atoms with Crippen LogP contribution in [0, 0.1) is 0 Å². The van der Waals surface area contributed by atoms with Crippen LogP contribution in [0.5, 0.6) is 0 Å². The largest absolute Gasteiger partial charge is 0.380 e. The van der Waals surface area contributed by atoms with Crippen molar-refractivity contribution in [3.63, 3.8) is 0 Å². The third-order valence-corrected chi connectivity index (χ3v) is 1.66. The molecule has 0 unspecified atom stereocenters. The van der Waals surface area contributed by atoms with Crippen molar-refractivity contribution in [2.24, 2.45) is 4.99 Å². The molecule has 11 heavy (non-hydrogen) atoms. The molecule has 0 radical (unpaired) electrons. The summed E-state index contributed by atoms with van der Waals surface area (Å²) >= 11 is 0. The first kappa shape index (κ1) is 10.2. The number of hydrogen-bond donors (Lipinski definition) is 0. The van der Waals surface area contributed by atoms with Gasteiger partial charge in [0, 0.05) is 26.0 Å². The number of aliphatic imine (C=N–C) groups is 1. The van der Waals surface area contributed by atoms with Crippen LogP contribution in [-0.2, 0) is 0 Å². The van der Waals surface area contributed by atoms with Gasteiger partial charge in [0.25, 0.3) is 0 Å². The van der Waals surface area contributed by atoms with Crippen molar-refractivity contribution in [2.45, 2.75) is 27.2 Å². The van der Waals surface area contributed by atoms with Crippen molar-refractivity contribution in [1.29, 1.82) is 0 Å². The minimum atomic E-state index is 0.998. The summed E-state index contributed by atoms with van der Waals surface area (Å²) in [6.45, 7) is 6.19. The van der Waals surface area contributed by atoms with Gasteiger partial charge in [0.05, 0.1) is 5.70 Å². The van der Waals surface area contributed by atoms with Gasteiger partial charge < -0.3 is 4.90 Å². The summed E-state index contributed by atoms with van der Waals surface area (Å²) < 4.78 is 0. The van der Waals surface area contributed by atoms with Gasteiger partial charge in [0.2, 0.25) is 0 Å². The third-order valence-electron chi connectivity index (χ3n) is 1.66. The van der Waals surface area contributed by atoms with Crippen molar-refractivity contribution in [3.05, 3.63) is 11.4 Å². The van der Waals surface area contributed by atoms with Crippen LogP contribution in [0.15, 0.2) is 16.4 Å². The van der Waals surface area contributed by atoms with Crippen LogP contribution >= 0.6 is 0 Å². The second kappa shape index (κ2) is 4.94. The molecule has 0 aromatic rings. The molecule has 0 aliphatic carbocycles. The predicted molar refractivity (Wildman–Crippen MR) is 50.8 cm³/mol. The van der Waals surface area contributed by atoms with E-state index in [0.29, 0.717) is 0 Å². The Kier molecular flexibility index (Phi) is 4.59. The Hall–Kier alpha value is -0.790. The maximum absolute atomic E-state index is 4.28. The monoisotopic (exact) mass is 154 g/mol. The lowest BCUT2D eigenvalue weighted by Gasteiger charge is -2.13. The molecule has 0 N–H and O–H groups in total. The topological polar surface area (TPSA) is 15.6 Å². The van der Waals surface area contributed by atoms with Gasteiger partial charge in [-0.05, 0) is 20.3 Å². The average molecular weight is 154 g/mol. The van der Waals surface area contributed by atoms with Gasteiger partial charge in [-0.25, -0.2) is 0 Å². The fraction of sp³-hybridized carbons (Fsp3) is 0.667. The van der Waals surface area contributed by atoms with E-state index in [1.165, 1.54) is 5.70 Å². The van der Waals surface area contributed by atoms with Crippen LogP contribution < -0.4 is 0 Å². The molecule has 0 aliphatic heterocycles. The molecule has 0 heterocycles. The Labute approximate surface area is 69.6 Å². The molecular weight excluding hydrogens is 136 g/mol. The highest BCUT2D eigenvalue weighted by atomic mass is 15.1. The van der Waals surface area contributed by atoms with E-state index in [1.54, 1.807) is 0 Å². The van der Waals surface area contributed by atoms with E-state index in [0.717, 1.165) is 12.1 Å². The van der Waals surface area contributed by atoms with Gasteiger partial charge in [-0.15, -0.1) is 0 Å². The highest BCUT2D eigenvalue weighted by Crippen LogP contribution is 2.05. The van der Waals surface area contributed by atoms with E-state index in [1.807, 2.05) is 27.2 Å². The smallest absolute Gasteiger partial charge is 0.0556 e. The van der Waals surface area contributed by atoms with E-state index in [2.05, 4.69) is 23.7 Å². The Balaban J connectivity index is 4.27. The SMILES string of the molecule is CC/C=N/C(C)=C(/C)N(C)C. The second-order valence-corrected chi connectivity index (χ2v) is 2.79. The van der Waals surface area contributed by atoms with Crippen LogP contribution in [-0.4, -0.2) is 25.2 Å². The molecule has 64 valence electrons. The lowest BCUT2D eigenvalue weighted by molar-refractivity contribution is 0.506. The molecule has 0 aromatic carbocycles. The van der Waals surface area contributed by atoms with Crippen molar-refractivity contribution in [1.82, 2.24) is 4.90 Å². The van der Waals surface area contributed by atoms with E-state index in [-0.39, 0.29) is 0 Å². The fourth-order valence-corrected chi connectivity index (χ4v) is 0.645. The Morgan fingerprint density at radius 1 is 1.36 bits per heavy atom. The highest BCUT2D eigenvalue weighted by Gasteiger charge is 1.94. The van der Waals surface area contributed by atoms with E-state index in [9.17, 15) is 0 Å². The summed E-state index contributed by atoms with van der Waals surface area (Å²) in [5.74, 6) is 0. The molecule has 2 heteroatoms. The summed E-state index contributed by atoms with van der Waals surface area (Å²) in [5, 5.41) is 0. The Bertz CT molecular complexity index is 166. The van der Waals surface area contributed by atoms with Crippen LogP contribution in [0.2, 0.25) is 0 Å². The van der Waals surface area contributed by atoms with Crippen molar-refractivity contribution < 1.29 is 0 Å². The molecule has 0 aliphatic rings. The molecule has 0 saturated carbocycles. The first-order chi connectivity index (χ1) is 5.09. The maximum Gasteiger partial charge on any atom is 0.0556 e. The zero-order valence-corrected chi connectivity index (χ0v) is 8.18. The summed E-state index contributed by atoms with van der Waals surface area (Å²) in [7, 11) is 4.06. The zero-order valence-electron chi connectivity index (χ0n) is 8.18. The van der Waals surface area contributed by atoms with Crippen LogP contribution in [0.4, 0.5) is 0 Å². The van der Waals surface area contributed by atoms with E-state index >= 15 is 0 Å². The normalized spacial score (nSPS) is 13.5. The second-order valence-electron chi connectivity index (χ2n) is 2.79. The molecule has 0 aromatic heterocycles. The fourth-order valence-electron chi connectivity index (χ4n) is 0.645. The molecule has 0 rings (SSSR count). The predicted octanol–water partition coefficient (Wildman–Crippen LogP) is 2.28. The van der Waals surface area contributed by atoms with Crippen LogP contribution in [0.3, 0.4) is 0 Å². The lowest BCUT2D eigenvalue weighted by atomic mass is 10.3. The van der Waals surface area contributed by atoms with E-state index < -0.39 is 0 Å². The van der Waals surface area contributed by atoms with Crippen molar-refractivity contribution >= 4 is 6.21 Å². The van der Waals surface area contributed by atoms with Gasteiger partial charge >= 0.3 is 0 Å². The molecule has 0 saturated heterocycles. The number of allylic oxidation sites excluding steroid dienone is 2. The highest BCUT2D eigenvalue weighted by molar-refractivity contribution is 5.58. The summed E-state index contributed by atoms with van der Waals surface area (Å²) in [6, 6.07) is 0. The summed E-state index contributed by atoms with van der Waals surface area (Å²) in [6.07, 6.45) is 2.93. The van der Waals surface area contributed by atoms with Crippen LogP contribution in [0.25, 0.3) is 0 Å². The molecular formula is C9H18N2. The van der Waals surface area contributed by atoms with Crippen molar-refractivity contribution in [2.75, 3.05) is 14.1 Å². The number of hydrogen-bond acceptors (Lipinski definition) is 2. The average Bonchev–Trinajstić information content (AvgIpc) is 1.98. The molecule has 0 atom stereocenters. The molecule has 0 amide bonds. The standard InChI is InChI=1S/C9H18N2/c1-6-7-10-8(2)9(3)11(4)5/h7H,6H2,1-5H3/b9-8-,10-7+. The Morgan fingerprint density at radius 2 is 1.91 bits per heavy atom. The zero-order chi connectivity index (χ0) is 8.85. The van der Waals surface area contributed by atoms with Gasteiger partial charge in [0.15, 0.2) is 0 Å². The summed E-state index contributed by atoms with van der Waals surface area (Å²) in [4.78, 5) is 6.35. The quantitative estimate of drug-likeness (QED) is 0.569. The number of rotatable bonds is 3. The minimum Gasteiger partial charge on any atom is -0.380 e. The maximum atomic E-state index is 4.28. The molecule has 2 nitrogen and oxygen atoms in total. The van der Waals surface area contributed by atoms with Crippen molar-refractivity contribution in [3.8, 4) is 0 Å². The number of nitrogens with zero attached hydrogens (tertiary/aromatic N) is 2. The van der Waals surface area contributed by atoms with Crippen LogP contribution in [0.1, 0.15) is 27.2 Å². The van der Waals surface area contributed by atoms with Gasteiger partial charge in [-0.3, -0.25) is 4.99 Å². The van der Waals surface area contributed by atoms with Gasteiger partial charge in [0.1, 0.15) is 0 Å². The third kappa shape index (κ3) is 3.81. The van der Waals surface area contributed by atoms with E-state index in [4.69, 9.17) is 0 Å². The molecule has 0 fully saturated rings. The Morgan fingerprint density at radius 3 is 2.27 bits per heavy atom.